The normalized spacial score (nSPS) is 14.2. The van der Waals surface area contributed by atoms with Crippen LogP contribution in [0.2, 0.25) is 0 Å². The number of anilines is 2. The first-order valence-corrected chi connectivity index (χ1v) is 11.2. The van der Waals surface area contributed by atoms with Crippen LogP contribution in [0.15, 0.2) is 48.5 Å². The van der Waals surface area contributed by atoms with Crippen LogP contribution in [0.5, 0.6) is 5.75 Å². The predicted molar refractivity (Wildman–Crippen MR) is 125 cm³/mol. The van der Waals surface area contributed by atoms with E-state index in [1.54, 1.807) is 0 Å². The molecule has 1 aliphatic heterocycles. The van der Waals surface area contributed by atoms with Gasteiger partial charge in [0, 0.05) is 30.0 Å². The molecule has 0 aliphatic carbocycles. The number of carbonyl (C=O) groups excluding carboxylic acids is 2. The molecular weight excluding hydrogens is 390 g/mol. The Bertz CT molecular complexity index is 841. The molecule has 1 heterocycles. The summed E-state index contributed by atoms with van der Waals surface area (Å²) in [5, 5.41) is 5.97. The second kappa shape index (κ2) is 11.4. The predicted octanol–water partition coefficient (Wildman–Crippen LogP) is 4.79. The number of carbonyl (C=O) groups is 2. The zero-order chi connectivity index (χ0) is 22.1. The van der Waals surface area contributed by atoms with Crippen molar-refractivity contribution in [2.75, 3.05) is 36.9 Å². The molecule has 0 unspecified atom stereocenters. The summed E-state index contributed by atoms with van der Waals surface area (Å²) in [6.07, 6.45) is 4.25. The Morgan fingerprint density at radius 3 is 2.29 bits per heavy atom. The van der Waals surface area contributed by atoms with Crippen LogP contribution >= 0.6 is 0 Å². The third kappa shape index (κ3) is 7.02. The maximum Gasteiger partial charge on any atom is 0.253 e. The van der Waals surface area contributed by atoms with E-state index >= 15 is 0 Å². The van der Waals surface area contributed by atoms with Crippen molar-refractivity contribution in [2.24, 2.45) is 5.92 Å². The minimum atomic E-state index is -0.137. The third-order valence-electron chi connectivity index (χ3n) is 5.56. The van der Waals surface area contributed by atoms with Gasteiger partial charge in [0.15, 0.2) is 0 Å². The summed E-state index contributed by atoms with van der Waals surface area (Å²) in [5.74, 6) is 1.44. The Labute approximate surface area is 185 Å². The first kappa shape index (κ1) is 22.7. The Morgan fingerprint density at radius 2 is 1.65 bits per heavy atom. The zero-order valence-corrected chi connectivity index (χ0v) is 18.5. The van der Waals surface area contributed by atoms with E-state index in [-0.39, 0.29) is 18.4 Å². The van der Waals surface area contributed by atoms with Gasteiger partial charge in [-0.3, -0.25) is 9.59 Å². The van der Waals surface area contributed by atoms with Gasteiger partial charge in [0.1, 0.15) is 5.75 Å². The number of hydrogen-bond acceptors (Lipinski definition) is 4. The van der Waals surface area contributed by atoms with E-state index in [1.807, 2.05) is 53.4 Å². The van der Waals surface area contributed by atoms with E-state index in [9.17, 15) is 9.59 Å². The highest BCUT2D eigenvalue weighted by atomic mass is 16.5. The van der Waals surface area contributed by atoms with Crippen molar-refractivity contribution in [1.82, 2.24) is 4.90 Å². The van der Waals surface area contributed by atoms with E-state index in [4.69, 9.17) is 4.74 Å². The van der Waals surface area contributed by atoms with Crippen molar-refractivity contribution in [3.8, 4) is 5.75 Å². The summed E-state index contributed by atoms with van der Waals surface area (Å²) in [5.41, 5.74) is 2.22. The van der Waals surface area contributed by atoms with Crippen LogP contribution in [0.3, 0.4) is 0 Å². The minimum Gasteiger partial charge on any atom is -0.494 e. The molecule has 0 aromatic heterocycles. The van der Waals surface area contributed by atoms with E-state index in [0.29, 0.717) is 18.1 Å². The third-order valence-corrected chi connectivity index (χ3v) is 5.56. The number of nitrogens with one attached hydrogen (secondary N) is 2. The van der Waals surface area contributed by atoms with Gasteiger partial charge in [-0.1, -0.05) is 20.3 Å². The standard InChI is InChI=1S/C25H33N3O3/c1-3-4-17-31-23-11-9-22(10-12-23)27-24(29)18-26-21-7-5-20(6-8-21)25(30)28-15-13-19(2)14-16-28/h5-12,19,26H,3-4,13-18H2,1-2H3,(H,27,29). The lowest BCUT2D eigenvalue weighted by Crippen LogP contribution is -2.37. The van der Waals surface area contributed by atoms with Gasteiger partial charge in [-0.25, -0.2) is 0 Å². The molecule has 0 spiro atoms. The van der Waals surface area contributed by atoms with Crippen molar-refractivity contribution < 1.29 is 14.3 Å². The van der Waals surface area contributed by atoms with Crippen molar-refractivity contribution in [1.29, 1.82) is 0 Å². The summed E-state index contributed by atoms with van der Waals surface area (Å²) in [4.78, 5) is 26.8. The Morgan fingerprint density at radius 1 is 1.00 bits per heavy atom. The molecule has 3 rings (SSSR count). The smallest absolute Gasteiger partial charge is 0.253 e. The van der Waals surface area contributed by atoms with E-state index in [1.165, 1.54) is 0 Å². The van der Waals surface area contributed by atoms with Crippen LogP contribution in [0.4, 0.5) is 11.4 Å². The number of rotatable bonds is 9. The summed E-state index contributed by atoms with van der Waals surface area (Å²) in [7, 11) is 0. The van der Waals surface area contributed by atoms with Crippen molar-refractivity contribution in [3.05, 3.63) is 54.1 Å². The average Bonchev–Trinajstić information content (AvgIpc) is 2.79. The van der Waals surface area contributed by atoms with Crippen LogP contribution in [-0.4, -0.2) is 43.0 Å². The largest absolute Gasteiger partial charge is 0.494 e. The summed E-state index contributed by atoms with van der Waals surface area (Å²) >= 11 is 0. The lowest BCUT2D eigenvalue weighted by atomic mass is 9.98. The number of ether oxygens (including phenoxy) is 1. The molecular formula is C25H33N3O3. The molecule has 0 radical (unpaired) electrons. The number of amides is 2. The summed E-state index contributed by atoms with van der Waals surface area (Å²) in [6, 6.07) is 14.7. The van der Waals surface area contributed by atoms with E-state index < -0.39 is 0 Å². The molecule has 1 aliphatic rings. The van der Waals surface area contributed by atoms with Gasteiger partial charge in [-0.2, -0.15) is 0 Å². The SMILES string of the molecule is CCCCOc1ccc(NC(=O)CNc2ccc(C(=O)N3CCC(C)CC3)cc2)cc1. The number of likely N-dealkylation sites (tertiary alicyclic amines) is 1. The average molecular weight is 424 g/mol. The van der Waals surface area contributed by atoms with Crippen LogP contribution in [-0.2, 0) is 4.79 Å². The highest BCUT2D eigenvalue weighted by Crippen LogP contribution is 2.19. The molecule has 6 heteroatoms. The van der Waals surface area contributed by atoms with E-state index in [0.717, 1.165) is 55.9 Å². The monoisotopic (exact) mass is 423 g/mol. The molecule has 0 saturated carbocycles. The fourth-order valence-corrected chi connectivity index (χ4v) is 3.48. The molecule has 0 bridgehead atoms. The van der Waals surface area contributed by atoms with Crippen LogP contribution in [0.1, 0.15) is 49.9 Å². The van der Waals surface area contributed by atoms with Gasteiger partial charge in [-0.15, -0.1) is 0 Å². The molecule has 166 valence electrons. The van der Waals surface area contributed by atoms with Gasteiger partial charge in [-0.05, 0) is 73.7 Å². The number of nitrogens with zero attached hydrogens (tertiary/aromatic N) is 1. The quantitative estimate of drug-likeness (QED) is 0.569. The fourth-order valence-electron chi connectivity index (χ4n) is 3.48. The highest BCUT2D eigenvalue weighted by Gasteiger charge is 2.21. The Kier molecular flexibility index (Phi) is 8.33. The molecule has 2 aromatic rings. The highest BCUT2D eigenvalue weighted by molar-refractivity contribution is 5.95. The van der Waals surface area contributed by atoms with Crippen molar-refractivity contribution in [3.63, 3.8) is 0 Å². The Hall–Kier alpha value is -3.02. The Balaban J connectivity index is 1.43. The molecule has 1 saturated heterocycles. The van der Waals surface area contributed by atoms with Gasteiger partial charge in [0.25, 0.3) is 5.91 Å². The van der Waals surface area contributed by atoms with Gasteiger partial charge >= 0.3 is 0 Å². The maximum absolute atomic E-state index is 12.6. The first-order valence-electron chi connectivity index (χ1n) is 11.2. The van der Waals surface area contributed by atoms with Crippen LogP contribution in [0, 0.1) is 5.92 Å². The second-order valence-corrected chi connectivity index (χ2v) is 8.18. The van der Waals surface area contributed by atoms with Gasteiger partial charge in [0.05, 0.1) is 13.2 Å². The molecule has 1 fully saturated rings. The summed E-state index contributed by atoms with van der Waals surface area (Å²) in [6.45, 7) is 6.86. The maximum atomic E-state index is 12.6. The van der Waals surface area contributed by atoms with Gasteiger partial charge < -0.3 is 20.3 Å². The topological polar surface area (TPSA) is 70.7 Å². The first-order chi connectivity index (χ1) is 15.0. The number of unbranched alkanes of at least 4 members (excludes halogenated alkanes) is 1. The lowest BCUT2D eigenvalue weighted by molar-refractivity contribution is -0.114. The van der Waals surface area contributed by atoms with Crippen molar-refractivity contribution in [2.45, 2.75) is 39.5 Å². The van der Waals surface area contributed by atoms with E-state index in [2.05, 4.69) is 24.5 Å². The fraction of sp³-hybridized carbons (Fsp3) is 0.440. The number of piperidine rings is 1. The molecule has 2 amide bonds. The molecule has 0 atom stereocenters. The molecule has 2 aromatic carbocycles. The lowest BCUT2D eigenvalue weighted by Gasteiger charge is -2.30. The number of hydrogen-bond donors (Lipinski definition) is 2. The number of benzene rings is 2. The van der Waals surface area contributed by atoms with Crippen LogP contribution in [0.25, 0.3) is 0 Å². The molecule has 31 heavy (non-hydrogen) atoms. The second-order valence-electron chi connectivity index (χ2n) is 8.18. The summed E-state index contributed by atoms with van der Waals surface area (Å²) < 4.78 is 5.63. The van der Waals surface area contributed by atoms with Gasteiger partial charge in [0.2, 0.25) is 5.91 Å². The molecule has 2 N–H and O–H groups in total. The molecule has 6 nitrogen and oxygen atoms in total. The minimum absolute atomic E-state index is 0.0818. The zero-order valence-electron chi connectivity index (χ0n) is 18.5. The van der Waals surface area contributed by atoms with Crippen molar-refractivity contribution >= 4 is 23.2 Å². The van der Waals surface area contributed by atoms with Crippen LogP contribution < -0.4 is 15.4 Å².